The number of carbonyl (C=O) groups is 2. The summed E-state index contributed by atoms with van der Waals surface area (Å²) in [6.45, 7) is 6.98. The van der Waals surface area contributed by atoms with Crippen molar-refractivity contribution in [2.45, 2.75) is 39.7 Å². The molecule has 0 saturated carbocycles. The number of piperidine rings is 1. The van der Waals surface area contributed by atoms with Crippen molar-refractivity contribution in [1.29, 1.82) is 0 Å². The van der Waals surface area contributed by atoms with Crippen molar-refractivity contribution >= 4 is 11.8 Å². The summed E-state index contributed by atoms with van der Waals surface area (Å²) in [4.78, 5) is 26.1. The predicted octanol–water partition coefficient (Wildman–Crippen LogP) is 4.68. The van der Waals surface area contributed by atoms with Gasteiger partial charge in [-0.3, -0.25) is 9.69 Å². The van der Waals surface area contributed by atoms with Crippen LogP contribution in [-0.2, 0) is 13.0 Å². The Bertz CT molecular complexity index is 801. The van der Waals surface area contributed by atoms with Gasteiger partial charge in [-0.1, -0.05) is 50.2 Å². The molecule has 0 aliphatic carbocycles. The SMILES string of the molecule is CC(C)Cc1ccc(C(=O)C2CCN(Cc3ccc(C(=O)O)cc3)CC2)cc1. The second-order valence-electron chi connectivity index (χ2n) is 8.21. The van der Waals surface area contributed by atoms with Crippen LogP contribution in [0.2, 0.25) is 0 Å². The van der Waals surface area contributed by atoms with Crippen molar-refractivity contribution in [1.82, 2.24) is 4.90 Å². The van der Waals surface area contributed by atoms with E-state index in [4.69, 9.17) is 5.11 Å². The van der Waals surface area contributed by atoms with Gasteiger partial charge in [0, 0.05) is 18.0 Å². The zero-order valence-electron chi connectivity index (χ0n) is 16.7. The summed E-state index contributed by atoms with van der Waals surface area (Å²) in [6, 6.07) is 15.2. The smallest absolute Gasteiger partial charge is 0.335 e. The molecule has 1 aliphatic heterocycles. The molecule has 1 N–H and O–H groups in total. The molecule has 4 nitrogen and oxygen atoms in total. The van der Waals surface area contributed by atoms with Gasteiger partial charge in [0.1, 0.15) is 0 Å². The Labute approximate surface area is 167 Å². The highest BCUT2D eigenvalue weighted by Crippen LogP contribution is 2.23. The highest BCUT2D eigenvalue weighted by Gasteiger charge is 2.25. The largest absolute Gasteiger partial charge is 0.478 e. The number of benzene rings is 2. The number of ketones is 1. The maximum Gasteiger partial charge on any atom is 0.335 e. The van der Waals surface area contributed by atoms with Crippen LogP contribution in [-0.4, -0.2) is 34.8 Å². The van der Waals surface area contributed by atoms with E-state index in [0.717, 1.165) is 50.0 Å². The lowest BCUT2D eigenvalue weighted by atomic mass is 9.88. The quantitative estimate of drug-likeness (QED) is 0.710. The second-order valence-corrected chi connectivity index (χ2v) is 8.21. The van der Waals surface area contributed by atoms with Gasteiger partial charge in [-0.15, -0.1) is 0 Å². The molecule has 2 aromatic carbocycles. The Hall–Kier alpha value is -2.46. The average Bonchev–Trinajstić information content (AvgIpc) is 2.68. The van der Waals surface area contributed by atoms with E-state index in [1.165, 1.54) is 5.56 Å². The highest BCUT2D eigenvalue weighted by atomic mass is 16.4. The van der Waals surface area contributed by atoms with Crippen LogP contribution in [0, 0.1) is 11.8 Å². The molecule has 1 fully saturated rings. The molecule has 28 heavy (non-hydrogen) atoms. The number of aromatic carboxylic acids is 1. The van der Waals surface area contributed by atoms with Crippen LogP contribution in [0.1, 0.15) is 58.5 Å². The van der Waals surface area contributed by atoms with Gasteiger partial charge < -0.3 is 5.11 Å². The fraction of sp³-hybridized carbons (Fsp3) is 0.417. The zero-order valence-corrected chi connectivity index (χ0v) is 16.7. The van der Waals surface area contributed by atoms with Gasteiger partial charge in [0.25, 0.3) is 0 Å². The molecule has 4 heteroatoms. The van der Waals surface area contributed by atoms with E-state index in [9.17, 15) is 9.59 Å². The number of Topliss-reactive ketones (excluding diaryl/α,β-unsaturated/α-hetero) is 1. The minimum absolute atomic E-state index is 0.0987. The number of likely N-dealkylation sites (tertiary alicyclic amines) is 1. The molecule has 0 bridgehead atoms. The first-order valence-electron chi connectivity index (χ1n) is 10.1. The van der Waals surface area contributed by atoms with Gasteiger partial charge in [-0.25, -0.2) is 4.79 Å². The van der Waals surface area contributed by atoms with Crippen molar-refractivity contribution in [2.75, 3.05) is 13.1 Å². The molecule has 0 atom stereocenters. The summed E-state index contributed by atoms with van der Waals surface area (Å²) < 4.78 is 0. The lowest BCUT2D eigenvalue weighted by Gasteiger charge is -2.31. The minimum Gasteiger partial charge on any atom is -0.478 e. The molecule has 3 rings (SSSR count). The first-order valence-corrected chi connectivity index (χ1v) is 10.1. The maximum atomic E-state index is 12.8. The van der Waals surface area contributed by atoms with Crippen LogP contribution >= 0.6 is 0 Å². The van der Waals surface area contributed by atoms with Gasteiger partial charge >= 0.3 is 5.97 Å². The zero-order chi connectivity index (χ0) is 20.1. The third-order valence-electron chi connectivity index (χ3n) is 5.45. The lowest BCUT2D eigenvalue weighted by molar-refractivity contribution is 0.0696. The number of rotatable bonds is 7. The van der Waals surface area contributed by atoms with E-state index in [2.05, 4.69) is 30.9 Å². The molecule has 148 valence electrons. The van der Waals surface area contributed by atoms with Crippen LogP contribution in [0.3, 0.4) is 0 Å². The minimum atomic E-state index is -0.900. The number of hydrogen-bond donors (Lipinski definition) is 1. The first-order chi connectivity index (χ1) is 13.4. The number of carboxylic acids is 1. The van der Waals surface area contributed by atoms with Crippen LogP contribution in [0.4, 0.5) is 0 Å². The molecule has 1 saturated heterocycles. The van der Waals surface area contributed by atoms with E-state index < -0.39 is 5.97 Å². The summed E-state index contributed by atoms with van der Waals surface area (Å²) in [5.41, 5.74) is 3.54. The van der Waals surface area contributed by atoms with Crippen LogP contribution < -0.4 is 0 Å². The van der Waals surface area contributed by atoms with Gasteiger partial charge in [-0.2, -0.15) is 0 Å². The van der Waals surface area contributed by atoms with Crippen molar-refractivity contribution < 1.29 is 14.7 Å². The van der Waals surface area contributed by atoms with Crippen LogP contribution in [0.15, 0.2) is 48.5 Å². The summed E-state index contributed by atoms with van der Waals surface area (Å²) in [7, 11) is 0. The van der Waals surface area contributed by atoms with Crippen LogP contribution in [0.5, 0.6) is 0 Å². The normalized spacial score (nSPS) is 15.7. The summed E-state index contributed by atoms with van der Waals surface area (Å²) in [6.07, 6.45) is 2.79. The average molecular weight is 380 g/mol. The molecule has 0 radical (unpaired) electrons. The molecule has 0 unspecified atom stereocenters. The van der Waals surface area contributed by atoms with Crippen molar-refractivity contribution in [3.8, 4) is 0 Å². The van der Waals surface area contributed by atoms with E-state index in [0.29, 0.717) is 11.5 Å². The Balaban J connectivity index is 1.51. The molecule has 0 aromatic heterocycles. The monoisotopic (exact) mass is 379 g/mol. The standard InChI is InChI=1S/C24H29NO3/c1-17(2)15-18-3-7-20(8-4-18)23(26)21-11-13-25(14-12-21)16-19-5-9-22(10-6-19)24(27)28/h3-10,17,21H,11-16H2,1-2H3,(H,27,28). The van der Waals surface area contributed by atoms with Crippen molar-refractivity contribution in [2.24, 2.45) is 11.8 Å². The number of carboxylic acid groups (broad SMARTS) is 1. The lowest BCUT2D eigenvalue weighted by Crippen LogP contribution is -2.36. The molecule has 1 aliphatic rings. The molecule has 1 heterocycles. The van der Waals surface area contributed by atoms with Gasteiger partial charge in [0.15, 0.2) is 5.78 Å². The maximum absolute atomic E-state index is 12.8. The number of hydrogen-bond acceptors (Lipinski definition) is 3. The summed E-state index contributed by atoms with van der Waals surface area (Å²) in [5.74, 6) is 0.0810. The Morgan fingerprint density at radius 2 is 1.46 bits per heavy atom. The highest BCUT2D eigenvalue weighted by molar-refractivity contribution is 5.97. The summed E-state index contributed by atoms with van der Waals surface area (Å²) >= 11 is 0. The molecular formula is C24H29NO3. The third-order valence-corrected chi connectivity index (χ3v) is 5.45. The van der Waals surface area contributed by atoms with E-state index in [1.54, 1.807) is 12.1 Å². The molecule has 0 amide bonds. The Morgan fingerprint density at radius 3 is 2.00 bits per heavy atom. The van der Waals surface area contributed by atoms with E-state index >= 15 is 0 Å². The topological polar surface area (TPSA) is 57.6 Å². The fourth-order valence-corrected chi connectivity index (χ4v) is 3.88. The van der Waals surface area contributed by atoms with Crippen molar-refractivity contribution in [3.05, 3.63) is 70.8 Å². The molecular weight excluding hydrogens is 350 g/mol. The van der Waals surface area contributed by atoms with E-state index in [-0.39, 0.29) is 11.7 Å². The fourth-order valence-electron chi connectivity index (χ4n) is 3.88. The molecule has 2 aromatic rings. The van der Waals surface area contributed by atoms with Gasteiger partial charge in [-0.05, 0) is 61.5 Å². The number of carbonyl (C=O) groups excluding carboxylic acids is 1. The number of nitrogens with zero attached hydrogens (tertiary/aromatic N) is 1. The molecule has 0 spiro atoms. The predicted molar refractivity (Wildman–Crippen MR) is 111 cm³/mol. The van der Waals surface area contributed by atoms with Gasteiger partial charge in [0.05, 0.1) is 5.56 Å². The van der Waals surface area contributed by atoms with E-state index in [1.807, 2.05) is 24.3 Å². The van der Waals surface area contributed by atoms with Crippen LogP contribution in [0.25, 0.3) is 0 Å². The second kappa shape index (κ2) is 9.16. The van der Waals surface area contributed by atoms with Gasteiger partial charge in [0.2, 0.25) is 0 Å². The summed E-state index contributed by atoms with van der Waals surface area (Å²) in [5, 5.41) is 8.98. The Kier molecular flexibility index (Phi) is 6.63. The van der Waals surface area contributed by atoms with Crippen molar-refractivity contribution in [3.63, 3.8) is 0 Å². The Morgan fingerprint density at radius 1 is 0.929 bits per heavy atom. The third kappa shape index (κ3) is 5.29. The first kappa shape index (κ1) is 20.3.